The van der Waals surface area contributed by atoms with Crippen LogP contribution in [-0.4, -0.2) is 25.0 Å². The van der Waals surface area contributed by atoms with Crippen LogP contribution in [0.15, 0.2) is 6.07 Å². The first-order valence-corrected chi connectivity index (χ1v) is 7.28. The highest BCUT2D eigenvalue weighted by atomic mass is 32.1. The Morgan fingerprint density at radius 3 is 2.94 bits per heavy atom. The van der Waals surface area contributed by atoms with Crippen molar-refractivity contribution in [3.63, 3.8) is 0 Å². The Bertz CT molecular complexity index is 450. The molecule has 1 aromatic heterocycles. The van der Waals surface area contributed by atoms with Crippen LogP contribution in [-0.2, 0) is 12.8 Å². The van der Waals surface area contributed by atoms with Crippen LogP contribution in [0.25, 0.3) is 0 Å². The van der Waals surface area contributed by atoms with Crippen LogP contribution in [0, 0.1) is 11.8 Å². The molecule has 1 aliphatic heterocycles. The maximum Gasteiger partial charge on any atom is 0.261 e. The Morgan fingerprint density at radius 2 is 2.18 bits per heavy atom. The van der Waals surface area contributed by atoms with E-state index in [1.807, 2.05) is 0 Å². The number of amides is 1. The van der Waals surface area contributed by atoms with Crippen LogP contribution in [0.5, 0.6) is 0 Å². The van der Waals surface area contributed by atoms with Gasteiger partial charge in [-0.3, -0.25) is 4.79 Å². The fourth-order valence-corrected chi connectivity index (χ4v) is 4.45. The van der Waals surface area contributed by atoms with Crippen molar-refractivity contribution in [2.24, 2.45) is 11.8 Å². The lowest BCUT2D eigenvalue weighted by atomic mass is 10.2. The van der Waals surface area contributed by atoms with Gasteiger partial charge in [0.1, 0.15) is 0 Å². The summed E-state index contributed by atoms with van der Waals surface area (Å²) in [5.74, 6) is 1.56. The minimum Gasteiger partial charge on any atom is -0.348 e. The van der Waals surface area contributed by atoms with Gasteiger partial charge in [0.15, 0.2) is 0 Å². The molecular formula is C13H16N2OS. The summed E-state index contributed by atoms with van der Waals surface area (Å²) in [7, 11) is 0. The average molecular weight is 248 g/mol. The first-order valence-electron chi connectivity index (χ1n) is 6.46. The van der Waals surface area contributed by atoms with Crippen LogP contribution < -0.4 is 10.6 Å². The third-order valence-corrected chi connectivity index (χ3v) is 5.60. The molecule has 17 heavy (non-hydrogen) atoms. The molecule has 2 atom stereocenters. The smallest absolute Gasteiger partial charge is 0.261 e. The van der Waals surface area contributed by atoms with E-state index in [1.54, 1.807) is 11.3 Å². The first-order chi connectivity index (χ1) is 8.33. The SMILES string of the molecule is O=C(NC1C2CNCC21)c1cc2c(s1)CCC2. The van der Waals surface area contributed by atoms with Crippen molar-refractivity contribution in [3.05, 3.63) is 21.4 Å². The van der Waals surface area contributed by atoms with Crippen molar-refractivity contribution >= 4 is 17.2 Å². The second-order valence-electron chi connectivity index (χ2n) is 5.40. The van der Waals surface area contributed by atoms with Gasteiger partial charge in [-0.05, 0) is 42.7 Å². The highest BCUT2D eigenvalue weighted by Crippen LogP contribution is 2.42. The molecule has 0 aromatic carbocycles. The third kappa shape index (κ3) is 1.54. The molecule has 1 saturated carbocycles. The predicted octanol–water partition coefficient (Wildman–Crippen LogP) is 1.18. The minimum absolute atomic E-state index is 0.156. The topological polar surface area (TPSA) is 41.1 Å². The molecule has 2 aliphatic carbocycles. The molecule has 2 unspecified atom stereocenters. The monoisotopic (exact) mass is 248 g/mol. The number of aryl methyl sites for hydroxylation is 2. The summed E-state index contributed by atoms with van der Waals surface area (Å²) in [6.07, 6.45) is 3.60. The number of hydrogen-bond acceptors (Lipinski definition) is 3. The van der Waals surface area contributed by atoms with Crippen molar-refractivity contribution < 1.29 is 4.79 Å². The lowest BCUT2D eigenvalue weighted by molar-refractivity contribution is 0.0950. The molecule has 3 nitrogen and oxygen atoms in total. The van der Waals surface area contributed by atoms with Crippen LogP contribution in [0.3, 0.4) is 0 Å². The van der Waals surface area contributed by atoms with Gasteiger partial charge in [-0.1, -0.05) is 0 Å². The summed E-state index contributed by atoms with van der Waals surface area (Å²) in [5.41, 5.74) is 1.41. The number of thiophene rings is 1. The van der Waals surface area contributed by atoms with Crippen LogP contribution in [0.4, 0.5) is 0 Å². The van der Waals surface area contributed by atoms with Gasteiger partial charge in [0.25, 0.3) is 5.91 Å². The molecule has 1 saturated heterocycles. The maximum absolute atomic E-state index is 12.1. The number of carbonyl (C=O) groups is 1. The Morgan fingerprint density at radius 1 is 1.35 bits per heavy atom. The number of hydrogen-bond donors (Lipinski definition) is 2. The summed E-state index contributed by atoms with van der Waals surface area (Å²) in [6, 6.07) is 2.55. The summed E-state index contributed by atoms with van der Waals surface area (Å²) < 4.78 is 0. The molecule has 0 spiro atoms. The van der Waals surface area contributed by atoms with Crippen molar-refractivity contribution in [2.75, 3.05) is 13.1 Å². The Kier molecular flexibility index (Phi) is 2.11. The summed E-state index contributed by atoms with van der Waals surface area (Å²) >= 11 is 1.70. The second kappa shape index (κ2) is 3.56. The van der Waals surface area contributed by atoms with Crippen molar-refractivity contribution in [1.82, 2.24) is 10.6 Å². The second-order valence-corrected chi connectivity index (χ2v) is 6.53. The molecule has 1 aromatic rings. The zero-order chi connectivity index (χ0) is 11.4. The molecule has 4 heteroatoms. The average Bonchev–Trinajstić information content (AvgIpc) is 2.81. The lowest BCUT2D eigenvalue weighted by Crippen LogP contribution is -2.32. The number of rotatable bonds is 2. The van der Waals surface area contributed by atoms with Crippen molar-refractivity contribution in [2.45, 2.75) is 25.3 Å². The molecule has 2 heterocycles. The van der Waals surface area contributed by atoms with E-state index in [1.165, 1.54) is 23.3 Å². The quantitative estimate of drug-likeness (QED) is 0.825. The maximum atomic E-state index is 12.1. The molecule has 2 N–H and O–H groups in total. The van der Waals surface area contributed by atoms with E-state index in [4.69, 9.17) is 0 Å². The van der Waals surface area contributed by atoms with Gasteiger partial charge in [-0.2, -0.15) is 0 Å². The normalized spacial score (nSPS) is 33.3. The van der Waals surface area contributed by atoms with Crippen LogP contribution in [0.1, 0.15) is 26.5 Å². The van der Waals surface area contributed by atoms with Gasteiger partial charge in [-0.15, -0.1) is 11.3 Å². The Labute approximate surface area is 105 Å². The molecule has 0 radical (unpaired) electrons. The molecule has 1 amide bonds. The zero-order valence-corrected chi connectivity index (χ0v) is 10.5. The van der Waals surface area contributed by atoms with E-state index in [0.717, 1.165) is 24.4 Å². The molecule has 4 rings (SSSR count). The standard InChI is InChI=1S/C13H16N2OS/c16-13(15-12-8-5-14-6-9(8)12)11-4-7-2-1-3-10(7)17-11/h4,8-9,12,14H,1-3,5-6H2,(H,15,16). The predicted molar refractivity (Wildman–Crippen MR) is 67.4 cm³/mol. The van der Waals surface area contributed by atoms with E-state index in [0.29, 0.717) is 17.9 Å². The summed E-state index contributed by atoms with van der Waals surface area (Å²) in [5, 5.41) is 6.54. The highest BCUT2D eigenvalue weighted by molar-refractivity contribution is 7.14. The van der Waals surface area contributed by atoms with Gasteiger partial charge in [-0.25, -0.2) is 0 Å². The molecule has 3 aliphatic rings. The van der Waals surface area contributed by atoms with Crippen LogP contribution in [0.2, 0.25) is 0 Å². The van der Waals surface area contributed by atoms with E-state index in [-0.39, 0.29) is 5.91 Å². The first kappa shape index (κ1) is 10.1. The minimum atomic E-state index is 0.156. The van der Waals surface area contributed by atoms with Gasteiger partial charge in [0.2, 0.25) is 0 Å². The zero-order valence-electron chi connectivity index (χ0n) is 9.66. The highest BCUT2D eigenvalue weighted by Gasteiger charge is 2.53. The molecule has 2 fully saturated rings. The lowest BCUT2D eigenvalue weighted by Gasteiger charge is -2.06. The molecule has 90 valence electrons. The number of nitrogens with one attached hydrogen (secondary N) is 2. The van der Waals surface area contributed by atoms with E-state index >= 15 is 0 Å². The van der Waals surface area contributed by atoms with E-state index in [9.17, 15) is 4.79 Å². The third-order valence-electron chi connectivity index (χ3n) is 4.36. The number of carbonyl (C=O) groups excluding carboxylic acids is 1. The fourth-order valence-electron chi connectivity index (χ4n) is 3.30. The summed E-state index contributed by atoms with van der Waals surface area (Å²) in [4.78, 5) is 14.5. The Hall–Kier alpha value is -0.870. The Balaban J connectivity index is 1.46. The molecule has 0 bridgehead atoms. The van der Waals surface area contributed by atoms with Crippen LogP contribution >= 0.6 is 11.3 Å². The van der Waals surface area contributed by atoms with Crippen molar-refractivity contribution in [1.29, 1.82) is 0 Å². The van der Waals surface area contributed by atoms with E-state index in [2.05, 4.69) is 16.7 Å². The van der Waals surface area contributed by atoms with Gasteiger partial charge in [0.05, 0.1) is 4.88 Å². The molecular weight excluding hydrogens is 232 g/mol. The van der Waals surface area contributed by atoms with Gasteiger partial charge in [0, 0.05) is 24.0 Å². The largest absolute Gasteiger partial charge is 0.348 e. The summed E-state index contributed by atoms with van der Waals surface area (Å²) in [6.45, 7) is 2.16. The van der Waals surface area contributed by atoms with E-state index < -0.39 is 0 Å². The van der Waals surface area contributed by atoms with Gasteiger partial charge >= 0.3 is 0 Å². The van der Waals surface area contributed by atoms with Gasteiger partial charge < -0.3 is 10.6 Å². The fraction of sp³-hybridized carbons (Fsp3) is 0.615. The number of piperidine rings is 1. The van der Waals surface area contributed by atoms with Crippen molar-refractivity contribution in [3.8, 4) is 0 Å². The number of fused-ring (bicyclic) bond motifs is 2.